The Morgan fingerprint density at radius 1 is 0.491 bits per heavy atom. The maximum atomic E-state index is 13.0. The van der Waals surface area contributed by atoms with Crippen molar-refractivity contribution in [3.63, 3.8) is 0 Å². The minimum absolute atomic E-state index is 0. The fourth-order valence-corrected chi connectivity index (χ4v) is 7.69. The summed E-state index contributed by atoms with van der Waals surface area (Å²) in [7, 11) is -5.03. The first kappa shape index (κ1) is 55.5. The monoisotopic (exact) mass is 825 g/mol. The first-order valence-corrected chi connectivity index (χ1v) is 24.5. The van der Waals surface area contributed by atoms with Crippen molar-refractivity contribution in [2.24, 2.45) is 0 Å². The average molecular weight is 825 g/mol. The van der Waals surface area contributed by atoms with Crippen molar-refractivity contribution < 1.29 is 61.6 Å². The van der Waals surface area contributed by atoms with Gasteiger partial charge in [-0.3, -0.25) is 0 Å². The van der Waals surface area contributed by atoms with E-state index in [2.05, 4.69) is 38.2 Å². The Bertz CT molecular complexity index is 1280. The Balaban J connectivity index is 0.0000314. The van der Waals surface area contributed by atoms with Crippen molar-refractivity contribution in [3.8, 4) is 0 Å². The molecule has 0 bridgehead atoms. The summed E-state index contributed by atoms with van der Waals surface area (Å²) in [4.78, 5) is 25.2. The van der Waals surface area contributed by atoms with Gasteiger partial charge in [0.2, 0.25) is 0 Å². The van der Waals surface area contributed by atoms with Crippen molar-refractivity contribution in [3.05, 3.63) is 53.6 Å². The molecule has 0 aliphatic heterocycles. The number of ether oxygens (including phenoxy) is 2. The Morgan fingerprint density at radius 3 is 1.16 bits per heavy atom. The number of allylic oxidation sites excluding steroid dienone is 4. The zero-order valence-electron chi connectivity index (χ0n) is 36.8. The second-order valence-electron chi connectivity index (χ2n) is 15.7. The van der Waals surface area contributed by atoms with Crippen molar-refractivity contribution in [2.75, 3.05) is 13.2 Å². The molecule has 0 saturated heterocycles. The van der Waals surface area contributed by atoms with E-state index in [-0.39, 0.29) is 48.3 Å². The van der Waals surface area contributed by atoms with E-state index in [0.29, 0.717) is 12.8 Å². The summed E-state index contributed by atoms with van der Waals surface area (Å²) in [6, 6.07) is 3.60. The fourth-order valence-electron chi connectivity index (χ4n) is 7.01. The van der Waals surface area contributed by atoms with E-state index in [0.717, 1.165) is 57.4 Å². The SMILES string of the molecule is CCCCCCCCCCCCC/C=C/CCCCCOC(=O)c1cccc(S(=O)(=O)[O-])c1C(=O)OCCCCC/C=C/CCCCCCCCCCCCC.[Na+]. The Morgan fingerprint density at radius 2 is 0.807 bits per heavy atom. The molecule has 0 radical (unpaired) electrons. The van der Waals surface area contributed by atoms with Crippen LogP contribution in [0.2, 0.25) is 0 Å². The molecule has 0 aromatic heterocycles. The van der Waals surface area contributed by atoms with Crippen LogP contribution >= 0.6 is 0 Å². The number of benzene rings is 1. The molecule has 7 nitrogen and oxygen atoms in total. The number of esters is 2. The van der Waals surface area contributed by atoms with E-state index in [1.807, 2.05) is 0 Å². The van der Waals surface area contributed by atoms with Gasteiger partial charge in [0.05, 0.1) is 29.2 Å². The van der Waals surface area contributed by atoms with Gasteiger partial charge in [0.1, 0.15) is 10.1 Å². The number of unbranched alkanes of at least 4 members (excludes halogenated alkanes) is 28. The first-order valence-electron chi connectivity index (χ1n) is 23.1. The standard InChI is InChI=1S/C48H82O7S.Na/c1-3-5-7-9-11-13-15-17-19-21-23-25-27-29-31-33-35-37-42-54-47(49)44-40-39-41-45(56(51,52)53)46(44)48(50)55-43-38-36-34-32-30-28-26-24-22-20-18-16-14-12-10-8-6-4-2;/h27-30,39-41H,3-26,31-38,42-43H2,1-2H3,(H,51,52,53);/q;+1/p-1/b29-27+,30-28+;. The van der Waals surface area contributed by atoms with Gasteiger partial charge in [0, 0.05) is 0 Å². The van der Waals surface area contributed by atoms with Gasteiger partial charge in [-0.1, -0.05) is 173 Å². The molecule has 1 rings (SSSR count). The third kappa shape index (κ3) is 32.1. The van der Waals surface area contributed by atoms with E-state index in [1.165, 1.54) is 153 Å². The predicted molar refractivity (Wildman–Crippen MR) is 232 cm³/mol. The quantitative estimate of drug-likeness (QED) is 0.0214. The minimum Gasteiger partial charge on any atom is -0.744 e. The first-order chi connectivity index (χ1) is 27.3. The summed E-state index contributed by atoms with van der Waals surface area (Å²) in [5, 5.41) is 0. The van der Waals surface area contributed by atoms with Crippen molar-refractivity contribution >= 4 is 22.1 Å². The number of carbonyl (C=O) groups is 2. The molecule has 1 aromatic rings. The molecular weight excluding hydrogens is 744 g/mol. The van der Waals surface area contributed by atoms with E-state index in [1.54, 1.807) is 0 Å². The zero-order chi connectivity index (χ0) is 40.8. The van der Waals surface area contributed by atoms with Crippen molar-refractivity contribution in [1.82, 2.24) is 0 Å². The van der Waals surface area contributed by atoms with Crippen LogP contribution in [0.3, 0.4) is 0 Å². The normalized spacial score (nSPS) is 11.7. The molecule has 0 spiro atoms. The molecule has 0 fully saturated rings. The van der Waals surface area contributed by atoms with Crippen LogP contribution in [0.4, 0.5) is 0 Å². The van der Waals surface area contributed by atoms with Crippen LogP contribution < -0.4 is 29.6 Å². The van der Waals surface area contributed by atoms with Gasteiger partial charge in [0.25, 0.3) is 0 Å². The largest absolute Gasteiger partial charge is 1.00 e. The van der Waals surface area contributed by atoms with E-state index >= 15 is 0 Å². The number of hydrogen-bond acceptors (Lipinski definition) is 7. The fraction of sp³-hybridized carbons (Fsp3) is 0.750. The van der Waals surface area contributed by atoms with Gasteiger partial charge >= 0.3 is 41.5 Å². The summed E-state index contributed by atoms with van der Waals surface area (Å²) < 4.78 is 46.7. The Kier molecular flexibility index (Phi) is 39.0. The van der Waals surface area contributed by atoms with Crippen LogP contribution in [0.1, 0.15) is 240 Å². The van der Waals surface area contributed by atoms with Gasteiger partial charge in [-0.25, -0.2) is 18.0 Å². The molecule has 0 aliphatic carbocycles. The maximum Gasteiger partial charge on any atom is 1.00 e. The number of rotatable bonds is 39. The second kappa shape index (κ2) is 40.0. The van der Waals surface area contributed by atoms with Gasteiger partial charge < -0.3 is 14.0 Å². The van der Waals surface area contributed by atoms with Gasteiger partial charge in [0.15, 0.2) is 0 Å². The second-order valence-corrected chi connectivity index (χ2v) is 17.0. The third-order valence-corrected chi connectivity index (χ3v) is 11.4. The van der Waals surface area contributed by atoms with E-state index in [9.17, 15) is 22.6 Å². The topological polar surface area (TPSA) is 110 Å². The number of hydrogen-bond donors (Lipinski definition) is 0. The Labute approximate surface area is 372 Å². The van der Waals surface area contributed by atoms with Crippen LogP contribution in [0.15, 0.2) is 47.4 Å². The van der Waals surface area contributed by atoms with Crippen LogP contribution in [0.25, 0.3) is 0 Å². The summed E-state index contributed by atoms with van der Waals surface area (Å²) in [6.07, 6.45) is 47.7. The predicted octanol–water partition coefficient (Wildman–Crippen LogP) is 11.5. The maximum absolute atomic E-state index is 13.0. The van der Waals surface area contributed by atoms with Crippen LogP contribution in [-0.2, 0) is 19.6 Å². The summed E-state index contributed by atoms with van der Waals surface area (Å²) in [6.45, 7) is 4.73. The molecule has 0 aliphatic rings. The molecule has 0 saturated carbocycles. The molecule has 0 amide bonds. The molecular formula is C48H81NaO7S. The summed E-state index contributed by atoms with van der Waals surface area (Å²) >= 11 is 0. The molecule has 0 unspecified atom stereocenters. The molecule has 57 heavy (non-hydrogen) atoms. The average Bonchev–Trinajstić information content (AvgIpc) is 3.18. The molecule has 322 valence electrons. The molecule has 0 atom stereocenters. The summed E-state index contributed by atoms with van der Waals surface area (Å²) in [5.41, 5.74) is -0.805. The number of carbonyl (C=O) groups excluding carboxylic acids is 2. The van der Waals surface area contributed by atoms with Crippen molar-refractivity contribution in [2.45, 2.75) is 224 Å². The molecule has 0 N–H and O–H groups in total. The molecule has 1 aromatic carbocycles. The molecule has 0 heterocycles. The van der Waals surface area contributed by atoms with Crippen LogP contribution in [-0.4, -0.2) is 38.1 Å². The van der Waals surface area contributed by atoms with Crippen molar-refractivity contribution in [1.29, 1.82) is 0 Å². The minimum atomic E-state index is -5.03. The smallest absolute Gasteiger partial charge is 0.744 e. The van der Waals surface area contributed by atoms with E-state index < -0.39 is 32.5 Å². The van der Waals surface area contributed by atoms with Gasteiger partial charge in [-0.15, -0.1) is 0 Å². The zero-order valence-corrected chi connectivity index (χ0v) is 39.7. The van der Waals surface area contributed by atoms with Crippen LogP contribution in [0, 0.1) is 0 Å². The van der Waals surface area contributed by atoms with Crippen LogP contribution in [0.5, 0.6) is 0 Å². The van der Waals surface area contributed by atoms with Gasteiger partial charge in [-0.05, 0) is 89.2 Å². The third-order valence-electron chi connectivity index (χ3n) is 10.5. The molecule has 9 heteroatoms. The van der Waals surface area contributed by atoms with Gasteiger partial charge in [-0.2, -0.15) is 0 Å². The van der Waals surface area contributed by atoms with E-state index in [4.69, 9.17) is 9.47 Å². The summed E-state index contributed by atoms with van der Waals surface area (Å²) in [5.74, 6) is -1.84. The Hall–Kier alpha value is -1.45.